The number of para-hydroxylation sites is 1. The summed E-state index contributed by atoms with van der Waals surface area (Å²) in [7, 11) is 1.34. The topological polar surface area (TPSA) is 68.3 Å². The predicted octanol–water partition coefficient (Wildman–Crippen LogP) is 6.18. The van der Waals surface area contributed by atoms with Gasteiger partial charge in [0.25, 0.3) is 5.91 Å². The normalized spacial score (nSPS) is 10.9. The number of hydrogen-bond acceptors (Lipinski definition) is 5. The van der Waals surface area contributed by atoms with Gasteiger partial charge in [-0.1, -0.05) is 49.4 Å². The first-order chi connectivity index (χ1) is 15.4. The summed E-state index contributed by atoms with van der Waals surface area (Å²) in [5.74, 6) is -0.750. The average Bonchev–Trinajstić information content (AvgIpc) is 3.10. The molecule has 2 aromatic heterocycles. The number of carbonyl (C=O) groups is 2. The molecule has 4 aromatic rings. The summed E-state index contributed by atoms with van der Waals surface area (Å²) in [4.78, 5) is 31.5. The molecular weight excluding hydrogens is 420 g/mol. The summed E-state index contributed by atoms with van der Waals surface area (Å²) in [6.45, 7) is 5.89. The number of hydrogen-bond donors (Lipinski definition) is 1. The maximum absolute atomic E-state index is 13.4. The summed E-state index contributed by atoms with van der Waals surface area (Å²) in [6, 6.07) is 17.6. The molecule has 0 atom stereocenters. The smallest absolute Gasteiger partial charge is 0.341 e. The second-order valence-corrected chi connectivity index (χ2v) is 8.78. The van der Waals surface area contributed by atoms with Gasteiger partial charge in [-0.25, -0.2) is 9.78 Å². The van der Waals surface area contributed by atoms with Gasteiger partial charge in [-0.2, -0.15) is 0 Å². The summed E-state index contributed by atoms with van der Waals surface area (Å²) in [6.07, 6.45) is 0.960. The number of pyridine rings is 1. The Morgan fingerprint density at radius 2 is 1.78 bits per heavy atom. The van der Waals surface area contributed by atoms with Gasteiger partial charge in [0.15, 0.2) is 0 Å². The molecule has 162 valence electrons. The Kier molecular flexibility index (Phi) is 6.06. The molecule has 6 heteroatoms. The van der Waals surface area contributed by atoms with Gasteiger partial charge in [0, 0.05) is 15.8 Å². The third-order valence-electron chi connectivity index (χ3n) is 5.62. The Morgan fingerprint density at radius 3 is 2.47 bits per heavy atom. The van der Waals surface area contributed by atoms with E-state index in [0.717, 1.165) is 39.0 Å². The van der Waals surface area contributed by atoms with Crippen LogP contribution in [0.2, 0.25) is 0 Å². The van der Waals surface area contributed by atoms with Gasteiger partial charge in [-0.15, -0.1) is 11.3 Å². The maximum Gasteiger partial charge on any atom is 0.341 e. The van der Waals surface area contributed by atoms with E-state index in [0.29, 0.717) is 16.1 Å². The number of benzene rings is 2. The predicted molar refractivity (Wildman–Crippen MR) is 130 cm³/mol. The summed E-state index contributed by atoms with van der Waals surface area (Å²) < 4.78 is 4.93. The van der Waals surface area contributed by atoms with Gasteiger partial charge in [0.2, 0.25) is 0 Å². The van der Waals surface area contributed by atoms with E-state index in [4.69, 9.17) is 9.72 Å². The number of carbonyl (C=O) groups excluding carboxylic acids is 2. The number of thiophene rings is 1. The van der Waals surface area contributed by atoms with E-state index in [2.05, 4.69) is 24.4 Å². The molecule has 0 aliphatic heterocycles. The molecule has 0 fully saturated rings. The number of aryl methyl sites for hydroxylation is 2. The van der Waals surface area contributed by atoms with Crippen molar-refractivity contribution in [2.45, 2.75) is 27.2 Å². The highest BCUT2D eigenvalue weighted by Gasteiger charge is 2.23. The number of nitrogens with zero attached hydrogens (tertiary/aromatic N) is 1. The molecule has 2 heterocycles. The van der Waals surface area contributed by atoms with Crippen LogP contribution in [0.25, 0.3) is 22.2 Å². The number of fused-ring (bicyclic) bond motifs is 1. The van der Waals surface area contributed by atoms with Crippen LogP contribution in [0.15, 0.2) is 54.6 Å². The van der Waals surface area contributed by atoms with Gasteiger partial charge in [0.05, 0.1) is 29.4 Å². The highest BCUT2D eigenvalue weighted by Crippen LogP contribution is 2.34. The SMILES string of the molecule is CCc1ccc(-c2cc(C(=O)Nc3sc(C)c(C)c3C(=O)OC)c3ccccc3n2)cc1. The first kappa shape index (κ1) is 21.7. The molecule has 32 heavy (non-hydrogen) atoms. The van der Waals surface area contributed by atoms with Crippen LogP contribution in [-0.4, -0.2) is 24.0 Å². The fourth-order valence-corrected chi connectivity index (χ4v) is 4.70. The monoisotopic (exact) mass is 444 g/mol. The lowest BCUT2D eigenvalue weighted by Gasteiger charge is -2.11. The van der Waals surface area contributed by atoms with Gasteiger partial charge < -0.3 is 10.1 Å². The highest BCUT2D eigenvalue weighted by atomic mass is 32.1. The molecule has 4 rings (SSSR count). The van der Waals surface area contributed by atoms with E-state index in [-0.39, 0.29) is 5.91 Å². The Balaban J connectivity index is 1.79. The Bertz CT molecular complexity index is 1320. The van der Waals surface area contributed by atoms with E-state index in [1.807, 2.05) is 56.3 Å². The summed E-state index contributed by atoms with van der Waals surface area (Å²) in [5.41, 5.74) is 5.37. The van der Waals surface area contributed by atoms with Gasteiger partial charge in [0.1, 0.15) is 5.00 Å². The molecule has 1 N–H and O–H groups in total. The van der Waals surface area contributed by atoms with Crippen molar-refractivity contribution in [1.29, 1.82) is 0 Å². The van der Waals surface area contributed by atoms with Gasteiger partial charge in [-0.05, 0) is 43.5 Å². The number of esters is 1. The number of methoxy groups -OCH3 is 1. The third-order valence-corrected chi connectivity index (χ3v) is 6.74. The molecular formula is C26H24N2O3S. The lowest BCUT2D eigenvalue weighted by Crippen LogP contribution is -2.15. The molecule has 0 saturated carbocycles. The molecule has 0 aliphatic carbocycles. The summed E-state index contributed by atoms with van der Waals surface area (Å²) >= 11 is 1.37. The molecule has 2 aromatic carbocycles. The van der Waals surface area contributed by atoms with Crippen molar-refractivity contribution in [3.8, 4) is 11.3 Å². The third kappa shape index (κ3) is 4.01. The molecule has 1 amide bonds. The fourth-order valence-electron chi connectivity index (χ4n) is 3.66. The minimum Gasteiger partial charge on any atom is -0.465 e. The number of anilines is 1. The van der Waals surface area contributed by atoms with Crippen LogP contribution in [0.5, 0.6) is 0 Å². The van der Waals surface area contributed by atoms with E-state index in [1.165, 1.54) is 24.0 Å². The number of ether oxygens (including phenoxy) is 1. The second kappa shape index (κ2) is 8.93. The maximum atomic E-state index is 13.4. The van der Waals surface area contributed by atoms with Crippen LogP contribution < -0.4 is 5.32 Å². The Labute approximate surface area is 191 Å². The first-order valence-corrected chi connectivity index (χ1v) is 11.2. The minimum atomic E-state index is -0.460. The lowest BCUT2D eigenvalue weighted by atomic mass is 10.0. The number of amides is 1. The van der Waals surface area contributed by atoms with Crippen molar-refractivity contribution in [2.24, 2.45) is 0 Å². The van der Waals surface area contributed by atoms with E-state index < -0.39 is 5.97 Å². The number of rotatable bonds is 5. The zero-order valence-electron chi connectivity index (χ0n) is 18.5. The standard InChI is InChI=1S/C26H24N2O3S/c1-5-17-10-12-18(13-11-17)22-14-20(19-8-6-7-9-21(19)27-22)24(29)28-25-23(26(30)31-4)15(2)16(3)32-25/h6-14H,5H2,1-4H3,(H,28,29). The fraction of sp³-hybridized carbons (Fsp3) is 0.192. The number of nitrogens with one attached hydrogen (secondary N) is 1. The lowest BCUT2D eigenvalue weighted by molar-refractivity contribution is 0.0601. The van der Waals surface area contributed by atoms with Crippen molar-refractivity contribution >= 4 is 39.1 Å². The largest absolute Gasteiger partial charge is 0.465 e. The zero-order valence-corrected chi connectivity index (χ0v) is 19.3. The highest BCUT2D eigenvalue weighted by molar-refractivity contribution is 7.16. The van der Waals surface area contributed by atoms with Crippen molar-refractivity contribution < 1.29 is 14.3 Å². The second-order valence-electron chi connectivity index (χ2n) is 7.56. The van der Waals surface area contributed by atoms with Gasteiger partial charge >= 0.3 is 5.97 Å². The van der Waals surface area contributed by atoms with Crippen LogP contribution in [0.1, 0.15) is 43.6 Å². The summed E-state index contributed by atoms with van der Waals surface area (Å²) in [5, 5.41) is 4.19. The van der Waals surface area contributed by atoms with Crippen molar-refractivity contribution in [2.75, 3.05) is 12.4 Å². The van der Waals surface area contributed by atoms with E-state index >= 15 is 0 Å². The van der Waals surface area contributed by atoms with Crippen LogP contribution in [-0.2, 0) is 11.2 Å². The van der Waals surface area contributed by atoms with Crippen molar-refractivity contribution in [3.63, 3.8) is 0 Å². The molecule has 0 aliphatic rings. The van der Waals surface area contributed by atoms with Crippen LogP contribution in [0, 0.1) is 13.8 Å². The van der Waals surface area contributed by atoms with Crippen LogP contribution in [0.3, 0.4) is 0 Å². The Morgan fingerprint density at radius 1 is 1.06 bits per heavy atom. The number of aromatic nitrogens is 1. The average molecular weight is 445 g/mol. The molecule has 0 unspecified atom stereocenters. The minimum absolute atomic E-state index is 0.290. The molecule has 0 spiro atoms. The van der Waals surface area contributed by atoms with Crippen molar-refractivity contribution in [3.05, 3.63) is 81.7 Å². The molecule has 5 nitrogen and oxygen atoms in total. The van der Waals surface area contributed by atoms with E-state index in [9.17, 15) is 9.59 Å². The van der Waals surface area contributed by atoms with Crippen LogP contribution >= 0.6 is 11.3 Å². The van der Waals surface area contributed by atoms with Crippen molar-refractivity contribution in [1.82, 2.24) is 4.98 Å². The van der Waals surface area contributed by atoms with Crippen LogP contribution in [0.4, 0.5) is 5.00 Å². The quantitative estimate of drug-likeness (QED) is 0.373. The van der Waals surface area contributed by atoms with E-state index in [1.54, 1.807) is 0 Å². The molecule has 0 radical (unpaired) electrons. The molecule has 0 saturated heterocycles. The van der Waals surface area contributed by atoms with Gasteiger partial charge in [-0.3, -0.25) is 4.79 Å². The Hall–Kier alpha value is -3.51. The first-order valence-electron chi connectivity index (χ1n) is 10.4. The zero-order chi connectivity index (χ0) is 22.8. The molecule has 0 bridgehead atoms.